The van der Waals surface area contributed by atoms with Crippen molar-refractivity contribution in [3.63, 3.8) is 0 Å². The summed E-state index contributed by atoms with van der Waals surface area (Å²) in [4.78, 5) is 2.17. The van der Waals surface area contributed by atoms with Gasteiger partial charge in [-0.05, 0) is 49.9 Å². The molecular formula is C16H25FN2. The summed E-state index contributed by atoms with van der Waals surface area (Å²) < 4.78 is 13.7. The SMILES string of the molecule is CCCC(C)N(C)c1cc(F)cc(CNC2CC2)c1. The van der Waals surface area contributed by atoms with E-state index in [0.717, 1.165) is 30.6 Å². The molecule has 0 aromatic heterocycles. The molecule has 0 spiro atoms. The number of halogens is 1. The average molecular weight is 264 g/mol. The Bertz CT molecular complexity index is 415. The van der Waals surface area contributed by atoms with Crippen LogP contribution in [0.15, 0.2) is 18.2 Å². The van der Waals surface area contributed by atoms with E-state index < -0.39 is 0 Å². The molecule has 1 aromatic rings. The van der Waals surface area contributed by atoms with Gasteiger partial charge >= 0.3 is 0 Å². The lowest BCUT2D eigenvalue weighted by molar-refractivity contribution is 0.602. The molecule has 1 aliphatic rings. The van der Waals surface area contributed by atoms with Crippen molar-refractivity contribution in [3.05, 3.63) is 29.6 Å². The monoisotopic (exact) mass is 264 g/mol. The van der Waals surface area contributed by atoms with Gasteiger partial charge < -0.3 is 10.2 Å². The van der Waals surface area contributed by atoms with Gasteiger partial charge in [-0.25, -0.2) is 4.39 Å². The van der Waals surface area contributed by atoms with Crippen LogP contribution in [0.2, 0.25) is 0 Å². The molecule has 1 aromatic carbocycles. The van der Waals surface area contributed by atoms with E-state index in [0.29, 0.717) is 12.1 Å². The lowest BCUT2D eigenvalue weighted by Gasteiger charge is -2.27. The summed E-state index contributed by atoms with van der Waals surface area (Å²) in [6.07, 6.45) is 4.80. The first kappa shape index (κ1) is 14.3. The molecule has 0 radical (unpaired) electrons. The number of hydrogen-bond acceptors (Lipinski definition) is 2. The Morgan fingerprint density at radius 1 is 1.37 bits per heavy atom. The maximum absolute atomic E-state index is 13.7. The molecule has 2 rings (SSSR count). The van der Waals surface area contributed by atoms with Crippen molar-refractivity contribution in [2.45, 2.75) is 58.2 Å². The second-order valence-electron chi connectivity index (χ2n) is 5.72. The zero-order valence-electron chi connectivity index (χ0n) is 12.2. The minimum absolute atomic E-state index is 0.138. The fourth-order valence-electron chi connectivity index (χ4n) is 2.35. The first-order chi connectivity index (χ1) is 9.10. The maximum atomic E-state index is 13.7. The highest BCUT2D eigenvalue weighted by atomic mass is 19.1. The Morgan fingerprint density at radius 2 is 2.11 bits per heavy atom. The summed E-state index contributed by atoms with van der Waals surface area (Å²) in [5, 5.41) is 3.44. The molecule has 1 saturated carbocycles. The molecule has 106 valence electrons. The van der Waals surface area contributed by atoms with Crippen LogP contribution in [0.1, 0.15) is 45.1 Å². The normalized spacial score (nSPS) is 16.4. The van der Waals surface area contributed by atoms with Crippen LogP contribution in [-0.2, 0) is 6.54 Å². The van der Waals surface area contributed by atoms with Crippen LogP contribution in [0.3, 0.4) is 0 Å². The van der Waals surface area contributed by atoms with E-state index >= 15 is 0 Å². The molecule has 1 fully saturated rings. The molecule has 1 N–H and O–H groups in total. The average Bonchev–Trinajstić information content (AvgIpc) is 3.19. The van der Waals surface area contributed by atoms with E-state index in [4.69, 9.17) is 0 Å². The molecule has 0 saturated heterocycles. The zero-order valence-corrected chi connectivity index (χ0v) is 12.2. The van der Waals surface area contributed by atoms with E-state index in [1.54, 1.807) is 12.1 Å². The summed E-state index contributed by atoms with van der Waals surface area (Å²) in [5.41, 5.74) is 2.02. The van der Waals surface area contributed by atoms with Crippen molar-refractivity contribution in [2.24, 2.45) is 0 Å². The fraction of sp³-hybridized carbons (Fsp3) is 0.625. The minimum atomic E-state index is -0.138. The van der Waals surface area contributed by atoms with Gasteiger partial charge in [0.2, 0.25) is 0 Å². The van der Waals surface area contributed by atoms with Crippen molar-refractivity contribution in [1.82, 2.24) is 5.32 Å². The highest BCUT2D eigenvalue weighted by molar-refractivity contribution is 5.49. The maximum Gasteiger partial charge on any atom is 0.125 e. The first-order valence-corrected chi connectivity index (χ1v) is 7.36. The molecule has 0 amide bonds. The number of nitrogens with zero attached hydrogens (tertiary/aromatic N) is 1. The molecule has 1 unspecified atom stereocenters. The standard InChI is InChI=1S/C16H25FN2/c1-4-5-12(2)19(3)16-9-13(8-14(17)10-16)11-18-15-6-7-15/h8-10,12,15,18H,4-7,11H2,1-3H3. The largest absolute Gasteiger partial charge is 0.372 e. The highest BCUT2D eigenvalue weighted by Crippen LogP contribution is 2.23. The Morgan fingerprint density at radius 3 is 2.74 bits per heavy atom. The smallest absolute Gasteiger partial charge is 0.125 e. The third-order valence-electron chi connectivity index (χ3n) is 3.89. The first-order valence-electron chi connectivity index (χ1n) is 7.36. The topological polar surface area (TPSA) is 15.3 Å². The number of hydrogen-bond donors (Lipinski definition) is 1. The van der Waals surface area contributed by atoms with Gasteiger partial charge in [0, 0.05) is 31.4 Å². The molecule has 0 aliphatic heterocycles. The van der Waals surface area contributed by atoms with Gasteiger partial charge in [0.15, 0.2) is 0 Å². The fourth-order valence-corrected chi connectivity index (χ4v) is 2.35. The Kier molecular flexibility index (Phi) is 4.81. The molecule has 0 heterocycles. The van der Waals surface area contributed by atoms with Crippen molar-refractivity contribution in [1.29, 1.82) is 0 Å². The zero-order chi connectivity index (χ0) is 13.8. The van der Waals surface area contributed by atoms with Crippen LogP contribution in [0.4, 0.5) is 10.1 Å². The van der Waals surface area contributed by atoms with E-state index in [2.05, 4.69) is 30.1 Å². The van der Waals surface area contributed by atoms with Crippen molar-refractivity contribution in [3.8, 4) is 0 Å². The van der Waals surface area contributed by atoms with E-state index in [9.17, 15) is 4.39 Å². The molecule has 2 nitrogen and oxygen atoms in total. The lowest BCUT2D eigenvalue weighted by Crippen LogP contribution is -2.28. The van der Waals surface area contributed by atoms with E-state index in [1.807, 2.05) is 7.05 Å². The van der Waals surface area contributed by atoms with Crippen LogP contribution in [0, 0.1) is 5.82 Å². The van der Waals surface area contributed by atoms with Crippen LogP contribution < -0.4 is 10.2 Å². The number of anilines is 1. The second-order valence-corrected chi connectivity index (χ2v) is 5.72. The molecule has 1 aliphatic carbocycles. The van der Waals surface area contributed by atoms with Crippen LogP contribution in [0.5, 0.6) is 0 Å². The summed E-state index contributed by atoms with van der Waals surface area (Å²) in [7, 11) is 2.05. The Balaban J connectivity index is 2.05. The van der Waals surface area contributed by atoms with Gasteiger partial charge in [0.05, 0.1) is 0 Å². The van der Waals surface area contributed by atoms with Crippen molar-refractivity contribution < 1.29 is 4.39 Å². The van der Waals surface area contributed by atoms with Gasteiger partial charge in [-0.1, -0.05) is 13.3 Å². The molecule has 19 heavy (non-hydrogen) atoms. The molecular weight excluding hydrogens is 239 g/mol. The van der Waals surface area contributed by atoms with Crippen molar-refractivity contribution >= 4 is 5.69 Å². The van der Waals surface area contributed by atoms with Gasteiger partial charge in [-0.2, -0.15) is 0 Å². The van der Waals surface area contributed by atoms with Crippen molar-refractivity contribution in [2.75, 3.05) is 11.9 Å². The third kappa shape index (κ3) is 4.20. The summed E-state index contributed by atoms with van der Waals surface area (Å²) in [5.74, 6) is -0.138. The minimum Gasteiger partial charge on any atom is -0.372 e. The summed E-state index contributed by atoms with van der Waals surface area (Å²) in [6.45, 7) is 5.14. The van der Waals surface area contributed by atoms with E-state index in [-0.39, 0.29) is 5.82 Å². The quantitative estimate of drug-likeness (QED) is 0.807. The molecule has 1 atom stereocenters. The van der Waals surface area contributed by atoms with Crippen LogP contribution >= 0.6 is 0 Å². The number of rotatable bonds is 7. The predicted molar refractivity (Wildman–Crippen MR) is 79.0 cm³/mol. The molecule has 3 heteroatoms. The van der Waals surface area contributed by atoms with Crippen LogP contribution in [-0.4, -0.2) is 19.1 Å². The number of benzene rings is 1. The van der Waals surface area contributed by atoms with E-state index in [1.165, 1.54) is 12.8 Å². The van der Waals surface area contributed by atoms with Gasteiger partial charge in [-0.3, -0.25) is 0 Å². The van der Waals surface area contributed by atoms with Gasteiger partial charge in [0.25, 0.3) is 0 Å². The highest BCUT2D eigenvalue weighted by Gasteiger charge is 2.20. The Labute approximate surface area is 116 Å². The summed E-state index contributed by atoms with van der Waals surface area (Å²) >= 11 is 0. The third-order valence-corrected chi connectivity index (χ3v) is 3.89. The van der Waals surface area contributed by atoms with Gasteiger partial charge in [0.1, 0.15) is 5.82 Å². The molecule has 0 bridgehead atoms. The Hall–Kier alpha value is -1.09. The second kappa shape index (κ2) is 6.38. The number of nitrogens with one attached hydrogen (secondary N) is 1. The predicted octanol–water partition coefficient (Wildman–Crippen LogP) is 3.70. The van der Waals surface area contributed by atoms with Gasteiger partial charge in [-0.15, -0.1) is 0 Å². The lowest BCUT2D eigenvalue weighted by atomic mass is 10.1. The summed E-state index contributed by atoms with van der Waals surface area (Å²) in [6, 6.07) is 6.47. The van der Waals surface area contributed by atoms with Crippen LogP contribution in [0.25, 0.3) is 0 Å².